The zero-order chi connectivity index (χ0) is 9.14. The average Bonchev–Trinajstić information content (AvgIpc) is 2.04. The molecule has 0 spiro atoms. The Morgan fingerprint density at radius 3 is 2.67 bits per heavy atom. The molecule has 2 nitrogen and oxygen atoms in total. The third-order valence-corrected chi connectivity index (χ3v) is 4.35. The molecule has 0 saturated heterocycles. The lowest BCUT2D eigenvalue weighted by atomic mass is 9.82. The zero-order valence-electron chi connectivity index (χ0n) is 7.95. The van der Waals surface area contributed by atoms with Crippen molar-refractivity contribution in [3.63, 3.8) is 0 Å². The normalized spacial score (nSPS) is 39.4. The maximum Gasteiger partial charge on any atom is 0.0387 e. The van der Waals surface area contributed by atoms with Crippen LogP contribution in [0.1, 0.15) is 26.2 Å². The minimum Gasteiger partial charge on any atom is -0.330 e. The van der Waals surface area contributed by atoms with Gasteiger partial charge in [0.05, 0.1) is 0 Å². The molecule has 0 aromatic heterocycles. The lowest BCUT2D eigenvalue weighted by Gasteiger charge is -2.32. The van der Waals surface area contributed by atoms with E-state index in [-0.39, 0.29) is 0 Å². The van der Waals surface area contributed by atoms with Gasteiger partial charge < -0.3 is 5.73 Å². The van der Waals surface area contributed by atoms with Crippen LogP contribution in [0, 0.1) is 11.8 Å². The molecule has 1 aliphatic carbocycles. The molecule has 0 aromatic rings. The molecule has 4 atom stereocenters. The van der Waals surface area contributed by atoms with Crippen molar-refractivity contribution < 1.29 is 4.21 Å². The summed E-state index contributed by atoms with van der Waals surface area (Å²) in [5.41, 5.74) is 5.64. The Balaban J connectivity index is 2.58. The highest BCUT2D eigenvalue weighted by Crippen LogP contribution is 2.30. The predicted octanol–water partition coefficient (Wildman–Crippen LogP) is 1.13. The second-order valence-corrected chi connectivity index (χ2v) is 5.55. The quantitative estimate of drug-likeness (QED) is 0.707. The van der Waals surface area contributed by atoms with Gasteiger partial charge in [-0.25, -0.2) is 0 Å². The van der Waals surface area contributed by atoms with Crippen molar-refractivity contribution in [3.05, 3.63) is 0 Å². The Morgan fingerprint density at radius 2 is 2.17 bits per heavy atom. The predicted molar refractivity (Wildman–Crippen MR) is 53.4 cm³/mol. The second kappa shape index (κ2) is 4.38. The average molecular weight is 189 g/mol. The summed E-state index contributed by atoms with van der Waals surface area (Å²) < 4.78 is 11.4. The first-order valence-corrected chi connectivity index (χ1v) is 6.29. The van der Waals surface area contributed by atoms with E-state index < -0.39 is 10.8 Å². The molecule has 1 fully saturated rings. The van der Waals surface area contributed by atoms with Gasteiger partial charge in [-0.15, -0.1) is 0 Å². The molecule has 0 amide bonds. The fourth-order valence-electron chi connectivity index (χ4n) is 2.07. The van der Waals surface area contributed by atoms with Crippen LogP contribution in [-0.2, 0) is 10.8 Å². The molecule has 4 unspecified atom stereocenters. The Morgan fingerprint density at radius 1 is 1.50 bits per heavy atom. The molecule has 2 N–H and O–H groups in total. The first-order valence-electron chi connectivity index (χ1n) is 4.67. The van der Waals surface area contributed by atoms with Crippen LogP contribution in [0.5, 0.6) is 0 Å². The minimum atomic E-state index is -0.683. The molecule has 0 heterocycles. The van der Waals surface area contributed by atoms with Crippen molar-refractivity contribution in [2.45, 2.75) is 31.4 Å². The first-order chi connectivity index (χ1) is 5.65. The van der Waals surface area contributed by atoms with E-state index in [2.05, 4.69) is 6.92 Å². The Kier molecular flexibility index (Phi) is 3.72. The van der Waals surface area contributed by atoms with Crippen LogP contribution in [0.25, 0.3) is 0 Å². The van der Waals surface area contributed by atoms with Crippen molar-refractivity contribution in [1.82, 2.24) is 0 Å². The van der Waals surface area contributed by atoms with E-state index in [1.54, 1.807) is 0 Å². The summed E-state index contributed by atoms with van der Waals surface area (Å²) in [5.74, 6) is 1.24. The second-order valence-electron chi connectivity index (χ2n) is 3.95. The fraction of sp³-hybridized carbons (Fsp3) is 1.00. The van der Waals surface area contributed by atoms with E-state index >= 15 is 0 Å². The molecule has 0 bridgehead atoms. The van der Waals surface area contributed by atoms with Crippen molar-refractivity contribution in [2.75, 3.05) is 12.8 Å². The Hall–Kier alpha value is 0.110. The number of rotatable bonds is 2. The molecule has 0 aromatic carbocycles. The van der Waals surface area contributed by atoms with Gasteiger partial charge in [0.25, 0.3) is 0 Å². The molecule has 72 valence electrons. The van der Waals surface area contributed by atoms with Gasteiger partial charge in [-0.1, -0.05) is 13.3 Å². The van der Waals surface area contributed by atoms with Crippen molar-refractivity contribution in [2.24, 2.45) is 17.6 Å². The molecule has 0 aliphatic heterocycles. The van der Waals surface area contributed by atoms with Crippen LogP contribution in [0.3, 0.4) is 0 Å². The molecular formula is C9H19NOS. The van der Waals surface area contributed by atoms with E-state index in [4.69, 9.17) is 5.73 Å². The van der Waals surface area contributed by atoms with Gasteiger partial charge in [-0.2, -0.15) is 0 Å². The lowest BCUT2D eigenvalue weighted by Crippen LogP contribution is -2.36. The summed E-state index contributed by atoms with van der Waals surface area (Å²) in [4.78, 5) is 0. The van der Waals surface area contributed by atoms with Crippen LogP contribution in [0.15, 0.2) is 0 Å². The van der Waals surface area contributed by atoms with Crippen LogP contribution in [0.2, 0.25) is 0 Å². The van der Waals surface area contributed by atoms with Crippen LogP contribution < -0.4 is 5.73 Å². The van der Waals surface area contributed by atoms with E-state index in [1.165, 1.54) is 12.8 Å². The third kappa shape index (κ3) is 2.30. The van der Waals surface area contributed by atoms with Gasteiger partial charge in [-0.3, -0.25) is 4.21 Å². The van der Waals surface area contributed by atoms with Crippen LogP contribution >= 0.6 is 0 Å². The number of hydrogen-bond donors (Lipinski definition) is 1. The summed E-state index contributed by atoms with van der Waals surface area (Å²) in [5, 5.41) is 0.360. The molecule has 12 heavy (non-hydrogen) atoms. The van der Waals surface area contributed by atoms with E-state index in [0.717, 1.165) is 12.3 Å². The maximum atomic E-state index is 11.4. The minimum absolute atomic E-state index is 0.360. The van der Waals surface area contributed by atoms with Gasteiger partial charge in [-0.05, 0) is 31.2 Å². The highest BCUT2D eigenvalue weighted by molar-refractivity contribution is 7.84. The van der Waals surface area contributed by atoms with Crippen molar-refractivity contribution >= 4 is 10.8 Å². The van der Waals surface area contributed by atoms with E-state index in [1.807, 2.05) is 6.26 Å². The summed E-state index contributed by atoms with van der Waals surface area (Å²) >= 11 is 0. The van der Waals surface area contributed by atoms with Gasteiger partial charge >= 0.3 is 0 Å². The SMILES string of the molecule is CC1CCC(CN)C(S(C)=O)C1. The topological polar surface area (TPSA) is 43.1 Å². The smallest absolute Gasteiger partial charge is 0.0387 e. The molecular weight excluding hydrogens is 170 g/mol. The fourth-order valence-corrected chi connectivity index (χ4v) is 3.46. The third-order valence-electron chi connectivity index (χ3n) is 2.92. The number of nitrogens with two attached hydrogens (primary N) is 1. The lowest BCUT2D eigenvalue weighted by molar-refractivity contribution is 0.302. The van der Waals surface area contributed by atoms with Gasteiger partial charge in [0.1, 0.15) is 0 Å². The number of hydrogen-bond acceptors (Lipinski definition) is 2. The molecule has 1 saturated carbocycles. The highest BCUT2D eigenvalue weighted by Gasteiger charge is 2.29. The molecule has 3 heteroatoms. The molecule has 0 radical (unpaired) electrons. The monoisotopic (exact) mass is 189 g/mol. The van der Waals surface area contributed by atoms with Crippen molar-refractivity contribution in [3.8, 4) is 0 Å². The molecule has 1 rings (SSSR count). The standard InChI is InChI=1S/C9H19NOS/c1-7-3-4-8(6-10)9(5-7)12(2)11/h7-9H,3-6,10H2,1-2H3. The van der Waals surface area contributed by atoms with Crippen LogP contribution in [-0.4, -0.2) is 22.3 Å². The van der Waals surface area contributed by atoms with Crippen LogP contribution in [0.4, 0.5) is 0 Å². The summed E-state index contributed by atoms with van der Waals surface area (Å²) in [6.45, 7) is 2.95. The maximum absolute atomic E-state index is 11.4. The van der Waals surface area contributed by atoms with E-state index in [0.29, 0.717) is 17.7 Å². The first kappa shape index (κ1) is 10.2. The largest absolute Gasteiger partial charge is 0.330 e. The summed E-state index contributed by atoms with van der Waals surface area (Å²) in [6.07, 6.45) is 5.34. The van der Waals surface area contributed by atoms with Gasteiger partial charge in [0.15, 0.2) is 0 Å². The Labute approximate surface area is 77.4 Å². The van der Waals surface area contributed by atoms with Crippen molar-refractivity contribution in [1.29, 1.82) is 0 Å². The molecule has 1 aliphatic rings. The zero-order valence-corrected chi connectivity index (χ0v) is 8.77. The van der Waals surface area contributed by atoms with Gasteiger partial charge in [0.2, 0.25) is 0 Å². The summed E-state index contributed by atoms with van der Waals surface area (Å²) in [7, 11) is -0.683. The summed E-state index contributed by atoms with van der Waals surface area (Å²) in [6, 6.07) is 0. The highest BCUT2D eigenvalue weighted by atomic mass is 32.2. The van der Waals surface area contributed by atoms with Gasteiger partial charge in [0, 0.05) is 22.3 Å². The van der Waals surface area contributed by atoms with E-state index in [9.17, 15) is 4.21 Å². The Bertz CT molecular complexity index is 172.